The smallest absolute Gasteiger partial charge is 0.320 e. The number of aromatic nitrogens is 2. The Morgan fingerprint density at radius 1 is 1.45 bits per heavy atom. The van der Waals surface area contributed by atoms with E-state index in [1.165, 1.54) is 12.4 Å². The lowest BCUT2D eigenvalue weighted by molar-refractivity contribution is 0.0632. The number of nitrogens with zero attached hydrogens (tertiary/aromatic N) is 2. The van der Waals surface area contributed by atoms with Crippen LogP contribution in [0.1, 0.15) is 30.9 Å². The first-order chi connectivity index (χ1) is 9.49. The minimum absolute atomic E-state index is 0.0430. The van der Waals surface area contributed by atoms with Crippen LogP contribution >= 0.6 is 15.9 Å². The molecular formula is C13H14BrF2N3O. The molecule has 20 heavy (non-hydrogen) atoms. The van der Waals surface area contributed by atoms with E-state index in [0.717, 1.165) is 14.6 Å². The summed E-state index contributed by atoms with van der Waals surface area (Å²) in [5.74, 6) is 0.727. The lowest BCUT2D eigenvalue weighted by Gasteiger charge is -2.15. The lowest BCUT2D eigenvalue weighted by Crippen LogP contribution is -2.11. The molecule has 2 aromatic rings. The van der Waals surface area contributed by atoms with Gasteiger partial charge in [0.2, 0.25) is 0 Å². The number of halogens is 3. The van der Waals surface area contributed by atoms with Crippen molar-refractivity contribution in [3.8, 4) is 5.75 Å². The molecule has 0 unspecified atom stereocenters. The first-order valence-electron chi connectivity index (χ1n) is 5.96. The third kappa shape index (κ3) is 3.34. The van der Waals surface area contributed by atoms with E-state index < -0.39 is 6.55 Å². The van der Waals surface area contributed by atoms with Crippen LogP contribution in [0.3, 0.4) is 0 Å². The second-order valence-electron chi connectivity index (χ2n) is 4.29. The zero-order chi connectivity index (χ0) is 14.7. The minimum Gasteiger partial charge on any atom is -0.485 e. The third-order valence-corrected chi connectivity index (χ3v) is 3.27. The quantitative estimate of drug-likeness (QED) is 0.899. The molecule has 0 saturated carbocycles. The highest BCUT2D eigenvalue weighted by Gasteiger charge is 2.14. The topological polar surface area (TPSA) is 53.1 Å². The highest BCUT2D eigenvalue weighted by Crippen LogP contribution is 2.28. The van der Waals surface area contributed by atoms with Crippen LogP contribution in [0.2, 0.25) is 0 Å². The molecule has 0 spiro atoms. The van der Waals surface area contributed by atoms with E-state index in [1.807, 2.05) is 13.0 Å². The van der Waals surface area contributed by atoms with Crippen LogP contribution in [0.5, 0.6) is 5.75 Å². The summed E-state index contributed by atoms with van der Waals surface area (Å²) < 4.78 is 32.6. The first kappa shape index (κ1) is 14.9. The molecule has 108 valence electrons. The van der Waals surface area contributed by atoms with E-state index in [-0.39, 0.29) is 18.5 Å². The molecule has 1 aromatic carbocycles. The first-order valence-corrected chi connectivity index (χ1v) is 6.76. The van der Waals surface area contributed by atoms with Gasteiger partial charge in [-0.25, -0.2) is 4.98 Å². The van der Waals surface area contributed by atoms with Crippen molar-refractivity contribution < 1.29 is 13.5 Å². The van der Waals surface area contributed by atoms with Gasteiger partial charge in [0.1, 0.15) is 12.4 Å². The Kier molecular flexibility index (Phi) is 4.72. The van der Waals surface area contributed by atoms with E-state index in [4.69, 9.17) is 10.5 Å². The Morgan fingerprint density at radius 3 is 2.85 bits per heavy atom. The number of hydrogen-bond acceptors (Lipinski definition) is 3. The summed E-state index contributed by atoms with van der Waals surface area (Å²) in [6, 6.07) is 5.18. The van der Waals surface area contributed by atoms with Crippen LogP contribution in [0.15, 0.2) is 35.1 Å². The Hall–Kier alpha value is -1.47. The number of benzene rings is 1. The summed E-state index contributed by atoms with van der Waals surface area (Å²) in [5.41, 5.74) is 6.67. The molecule has 1 atom stereocenters. The minimum atomic E-state index is -2.63. The van der Waals surface area contributed by atoms with E-state index in [9.17, 15) is 8.78 Å². The van der Waals surface area contributed by atoms with Crippen LogP contribution in [-0.2, 0) is 6.61 Å². The van der Waals surface area contributed by atoms with Crippen molar-refractivity contribution in [2.45, 2.75) is 26.1 Å². The molecule has 0 aliphatic rings. The van der Waals surface area contributed by atoms with Gasteiger partial charge in [0.25, 0.3) is 0 Å². The monoisotopic (exact) mass is 345 g/mol. The van der Waals surface area contributed by atoms with Gasteiger partial charge >= 0.3 is 6.55 Å². The van der Waals surface area contributed by atoms with Crippen LogP contribution in [0.4, 0.5) is 8.78 Å². The molecule has 0 saturated heterocycles. The Balaban J connectivity index is 2.17. The second kappa shape index (κ2) is 6.32. The maximum atomic E-state index is 12.7. The fraction of sp³-hybridized carbons (Fsp3) is 0.308. The molecule has 7 heteroatoms. The molecule has 2 N–H and O–H groups in total. The summed E-state index contributed by atoms with van der Waals surface area (Å²) in [6.45, 7) is -0.845. The van der Waals surface area contributed by atoms with Crippen LogP contribution in [0.25, 0.3) is 0 Å². The molecule has 0 aliphatic carbocycles. The predicted octanol–water partition coefficient (Wildman–Crippen LogP) is 3.64. The molecule has 4 nitrogen and oxygen atoms in total. The highest BCUT2D eigenvalue weighted by molar-refractivity contribution is 9.10. The fourth-order valence-corrected chi connectivity index (χ4v) is 2.16. The van der Waals surface area contributed by atoms with Crippen LogP contribution < -0.4 is 10.5 Å². The number of alkyl halides is 2. The van der Waals surface area contributed by atoms with Gasteiger partial charge in [-0.1, -0.05) is 15.9 Å². The SMILES string of the molecule is C[C@H](N)c1cc(Br)ccc1OCc1nccn1C(F)F. The molecule has 1 heterocycles. The standard InChI is InChI=1S/C13H14BrF2N3O/c1-8(17)10-6-9(14)2-3-11(10)20-7-12-18-4-5-19(12)13(15)16/h2-6,8,13H,7,17H2,1H3/t8-/m0/s1. The summed E-state index contributed by atoms with van der Waals surface area (Å²) in [6.07, 6.45) is 2.54. The van der Waals surface area contributed by atoms with E-state index >= 15 is 0 Å². The van der Waals surface area contributed by atoms with Crippen molar-refractivity contribution in [2.75, 3.05) is 0 Å². The lowest BCUT2D eigenvalue weighted by atomic mass is 10.1. The molecule has 0 radical (unpaired) electrons. The van der Waals surface area contributed by atoms with E-state index in [1.54, 1.807) is 12.1 Å². The van der Waals surface area contributed by atoms with Gasteiger partial charge in [0.15, 0.2) is 5.82 Å². The van der Waals surface area contributed by atoms with Gasteiger partial charge in [-0.05, 0) is 25.1 Å². The number of imidazole rings is 1. The van der Waals surface area contributed by atoms with Gasteiger partial charge in [0, 0.05) is 28.5 Å². The highest BCUT2D eigenvalue weighted by atomic mass is 79.9. The zero-order valence-corrected chi connectivity index (χ0v) is 12.3. The summed E-state index contributed by atoms with van der Waals surface area (Å²) in [4.78, 5) is 3.86. The summed E-state index contributed by atoms with van der Waals surface area (Å²) in [7, 11) is 0. The molecule has 0 bridgehead atoms. The molecule has 0 fully saturated rings. The number of rotatable bonds is 5. The largest absolute Gasteiger partial charge is 0.485 e. The van der Waals surface area contributed by atoms with Crippen molar-refractivity contribution in [3.05, 3.63) is 46.5 Å². The normalized spacial score (nSPS) is 12.7. The maximum Gasteiger partial charge on any atom is 0.320 e. The number of nitrogens with two attached hydrogens (primary N) is 1. The molecule has 0 aliphatic heterocycles. The van der Waals surface area contributed by atoms with Crippen molar-refractivity contribution in [3.63, 3.8) is 0 Å². The van der Waals surface area contributed by atoms with Crippen molar-refractivity contribution >= 4 is 15.9 Å². The van der Waals surface area contributed by atoms with Crippen molar-refractivity contribution in [2.24, 2.45) is 5.73 Å². The number of hydrogen-bond donors (Lipinski definition) is 1. The number of ether oxygens (including phenoxy) is 1. The summed E-state index contributed by atoms with van der Waals surface area (Å²) in [5, 5.41) is 0. The Morgan fingerprint density at radius 2 is 2.20 bits per heavy atom. The molecule has 2 rings (SSSR count). The fourth-order valence-electron chi connectivity index (χ4n) is 1.78. The van der Waals surface area contributed by atoms with Crippen molar-refractivity contribution in [1.29, 1.82) is 0 Å². The molecule has 0 amide bonds. The average Bonchev–Trinajstić information content (AvgIpc) is 2.85. The maximum absolute atomic E-state index is 12.7. The second-order valence-corrected chi connectivity index (χ2v) is 5.20. The van der Waals surface area contributed by atoms with Crippen LogP contribution in [0, 0.1) is 0 Å². The van der Waals surface area contributed by atoms with Crippen LogP contribution in [-0.4, -0.2) is 9.55 Å². The molecule has 1 aromatic heterocycles. The molecular weight excluding hydrogens is 332 g/mol. The van der Waals surface area contributed by atoms with E-state index in [2.05, 4.69) is 20.9 Å². The van der Waals surface area contributed by atoms with Gasteiger partial charge in [-0.2, -0.15) is 8.78 Å². The zero-order valence-electron chi connectivity index (χ0n) is 10.8. The van der Waals surface area contributed by atoms with Gasteiger partial charge < -0.3 is 10.5 Å². The Labute approximate surface area is 123 Å². The van der Waals surface area contributed by atoms with Gasteiger partial charge in [-0.3, -0.25) is 4.57 Å². The van der Waals surface area contributed by atoms with Gasteiger partial charge in [0.05, 0.1) is 0 Å². The Bertz CT molecular complexity index is 587. The predicted molar refractivity (Wildman–Crippen MR) is 74.6 cm³/mol. The summed E-state index contributed by atoms with van der Waals surface area (Å²) >= 11 is 3.36. The van der Waals surface area contributed by atoms with Crippen molar-refractivity contribution in [1.82, 2.24) is 9.55 Å². The van der Waals surface area contributed by atoms with Gasteiger partial charge in [-0.15, -0.1) is 0 Å². The van der Waals surface area contributed by atoms with E-state index in [0.29, 0.717) is 5.75 Å². The average molecular weight is 346 g/mol. The third-order valence-electron chi connectivity index (χ3n) is 2.78.